The number of alkyl halides is 4. The van der Waals surface area contributed by atoms with Crippen molar-refractivity contribution in [1.82, 2.24) is 4.90 Å². The molecule has 0 fully saturated rings. The number of aliphatic carboxylic acids is 1. The van der Waals surface area contributed by atoms with Crippen LogP contribution in [0, 0.1) is 5.92 Å². The van der Waals surface area contributed by atoms with Crippen LogP contribution in [0.5, 0.6) is 0 Å². The molecule has 0 aromatic rings. The zero-order chi connectivity index (χ0) is 13.1. The maximum Gasteiger partial charge on any atom is 0.383 e. The molecule has 0 bridgehead atoms. The van der Waals surface area contributed by atoms with Crippen LogP contribution < -0.4 is 0 Å². The lowest BCUT2D eigenvalue weighted by molar-refractivity contribution is -0.180. The van der Waals surface area contributed by atoms with Crippen LogP contribution in [-0.2, 0) is 9.59 Å². The molecule has 8 heteroatoms. The number of carbonyl (C=O) groups is 2. The smallest absolute Gasteiger partial charge is 0.383 e. The van der Waals surface area contributed by atoms with E-state index in [1.807, 2.05) is 0 Å². The van der Waals surface area contributed by atoms with Crippen molar-refractivity contribution in [3.05, 3.63) is 0 Å². The van der Waals surface area contributed by atoms with Crippen molar-refractivity contribution in [3.8, 4) is 0 Å². The first-order valence-corrected chi connectivity index (χ1v) is 4.25. The SMILES string of the molecule is CC(CN(C)C(=O)C(F)(F)C(F)F)C(=O)O. The Morgan fingerprint density at radius 1 is 1.38 bits per heavy atom. The second-order valence-corrected chi connectivity index (χ2v) is 3.35. The lowest BCUT2D eigenvalue weighted by Gasteiger charge is -2.24. The molecule has 0 saturated heterocycles. The Balaban J connectivity index is 4.57. The van der Waals surface area contributed by atoms with Gasteiger partial charge in [0.2, 0.25) is 0 Å². The van der Waals surface area contributed by atoms with Gasteiger partial charge in [-0.05, 0) is 0 Å². The van der Waals surface area contributed by atoms with Crippen molar-refractivity contribution < 1.29 is 32.3 Å². The Morgan fingerprint density at radius 2 is 1.81 bits per heavy atom. The number of amides is 1. The van der Waals surface area contributed by atoms with Gasteiger partial charge in [0.25, 0.3) is 5.91 Å². The van der Waals surface area contributed by atoms with Crippen LogP contribution in [0.1, 0.15) is 6.92 Å². The minimum Gasteiger partial charge on any atom is -0.481 e. The average Bonchev–Trinajstić information content (AvgIpc) is 2.15. The van der Waals surface area contributed by atoms with E-state index in [9.17, 15) is 27.2 Å². The van der Waals surface area contributed by atoms with E-state index >= 15 is 0 Å². The standard InChI is InChI=1S/C8H11F4NO3/c1-4(5(14)15)3-13(2)7(16)8(11,12)6(9)10/h4,6H,3H2,1-2H3,(H,14,15). The first-order valence-electron chi connectivity index (χ1n) is 4.25. The summed E-state index contributed by atoms with van der Waals surface area (Å²) in [6, 6.07) is 0. The van der Waals surface area contributed by atoms with Crippen LogP contribution in [-0.4, -0.2) is 47.8 Å². The quantitative estimate of drug-likeness (QED) is 0.737. The fourth-order valence-electron chi connectivity index (χ4n) is 0.920. The van der Waals surface area contributed by atoms with E-state index in [2.05, 4.69) is 0 Å². The molecule has 94 valence electrons. The van der Waals surface area contributed by atoms with E-state index in [1.54, 1.807) is 0 Å². The average molecular weight is 245 g/mol. The lowest BCUT2D eigenvalue weighted by Crippen LogP contribution is -2.47. The summed E-state index contributed by atoms with van der Waals surface area (Å²) in [5.41, 5.74) is 0. The van der Waals surface area contributed by atoms with Crippen molar-refractivity contribution in [3.63, 3.8) is 0 Å². The number of halogens is 4. The van der Waals surface area contributed by atoms with E-state index < -0.39 is 36.7 Å². The number of hydrogen-bond acceptors (Lipinski definition) is 2. The molecular weight excluding hydrogens is 234 g/mol. The Labute approximate surface area is 88.8 Å². The third kappa shape index (κ3) is 3.35. The molecule has 0 spiro atoms. The zero-order valence-corrected chi connectivity index (χ0v) is 8.58. The second kappa shape index (κ2) is 5.13. The normalized spacial score (nSPS) is 13.7. The molecule has 0 aliphatic carbocycles. The lowest BCUT2D eigenvalue weighted by atomic mass is 10.1. The number of hydrogen-bond donors (Lipinski definition) is 1. The summed E-state index contributed by atoms with van der Waals surface area (Å²) in [6.07, 6.45) is -4.11. The summed E-state index contributed by atoms with van der Waals surface area (Å²) in [6.45, 7) is 0.614. The van der Waals surface area contributed by atoms with Crippen LogP contribution in [0.4, 0.5) is 17.6 Å². The second-order valence-electron chi connectivity index (χ2n) is 3.35. The van der Waals surface area contributed by atoms with E-state index in [-0.39, 0.29) is 4.90 Å². The maximum absolute atomic E-state index is 12.6. The molecule has 0 radical (unpaired) electrons. The summed E-state index contributed by atoms with van der Waals surface area (Å²) >= 11 is 0. The summed E-state index contributed by atoms with van der Waals surface area (Å²) < 4.78 is 48.7. The number of carbonyl (C=O) groups excluding carboxylic acids is 1. The predicted octanol–water partition coefficient (Wildman–Crippen LogP) is 1.07. The molecule has 0 heterocycles. The molecule has 1 atom stereocenters. The van der Waals surface area contributed by atoms with Crippen molar-refractivity contribution in [1.29, 1.82) is 0 Å². The van der Waals surface area contributed by atoms with Gasteiger partial charge in [0.1, 0.15) is 0 Å². The first-order chi connectivity index (χ1) is 7.10. The van der Waals surface area contributed by atoms with Gasteiger partial charge in [-0.3, -0.25) is 9.59 Å². The molecular formula is C8H11F4NO3. The zero-order valence-electron chi connectivity index (χ0n) is 8.58. The van der Waals surface area contributed by atoms with E-state index in [1.165, 1.54) is 6.92 Å². The number of nitrogens with zero attached hydrogens (tertiary/aromatic N) is 1. The van der Waals surface area contributed by atoms with Gasteiger partial charge in [-0.2, -0.15) is 8.78 Å². The summed E-state index contributed by atoms with van der Waals surface area (Å²) in [4.78, 5) is 21.5. The number of rotatable bonds is 5. The molecule has 0 saturated carbocycles. The van der Waals surface area contributed by atoms with Gasteiger partial charge in [-0.15, -0.1) is 0 Å². The minimum atomic E-state index is -4.78. The Hall–Kier alpha value is -1.34. The summed E-state index contributed by atoms with van der Waals surface area (Å²) in [5.74, 6) is -9.29. The monoisotopic (exact) mass is 245 g/mol. The van der Waals surface area contributed by atoms with Crippen LogP contribution in [0.2, 0.25) is 0 Å². The van der Waals surface area contributed by atoms with E-state index in [0.717, 1.165) is 7.05 Å². The van der Waals surface area contributed by atoms with Gasteiger partial charge in [-0.1, -0.05) is 6.92 Å². The predicted molar refractivity (Wildman–Crippen MR) is 45.4 cm³/mol. The van der Waals surface area contributed by atoms with Crippen molar-refractivity contribution >= 4 is 11.9 Å². The molecule has 0 aromatic carbocycles. The Kier molecular flexibility index (Phi) is 4.70. The van der Waals surface area contributed by atoms with E-state index in [0.29, 0.717) is 0 Å². The van der Waals surface area contributed by atoms with Gasteiger partial charge in [0, 0.05) is 13.6 Å². The topological polar surface area (TPSA) is 57.6 Å². The van der Waals surface area contributed by atoms with Crippen molar-refractivity contribution in [2.75, 3.05) is 13.6 Å². The molecule has 1 amide bonds. The van der Waals surface area contributed by atoms with Gasteiger partial charge in [0.15, 0.2) is 0 Å². The maximum atomic E-state index is 12.6. The highest BCUT2D eigenvalue weighted by atomic mass is 19.3. The van der Waals surface area contributed by atoms with Gasteiger partial charge in [0.05, 0.1) is 5.92 Å². The highest BCUT2D eigenvalue weighted by molar-refractivity contribution is 5.84. The fourth-order valence-corrected chi connectivity index (χ4v) is 0.920. The molecule has 1 unspecified atom stereocenters. The van der Waals surface area contributed by atoms with E-state index in [4.69, 9.17) is 5.11 Å². The summed E-state index contributed by atoms with van der Waals surface area (Å²) in [7, 11) is 0.845. The number of carboxylic acid groups (broad SMARTS) is 1. The van der Waals surface area contributed by atoms with Gasteiger partial charge >= 0.3 is 18.3 Å². The van der Waals surface area contributed by atoms with Crippen molar-refractivity contribution in [2.24, 2.45) is 5.92 Å². The third-order valence-corrected chi connectivity index (χ3v) is 1.88. The Morgan fingerprint density at radius 3 is 2.12 bits per heavy atom. The van der Waals surface area contributed by atoms with Crippen LogP contribution >= 0.6 is 0 Å². The summed E-state index contributed by atoms with van der Waals surface area (Å²) in [5, 5.41) is 8.45. The molecule has 1 N–H and O–H groups in total. The molecule has 0 rings (SSSR count). The van der Waals surface area contributed by atoms with Crippen LogP contribution in [0.25, 0.3) is 0 Å². The highest BCUT2D eigenvalue weighted by Crippen LogP contribution is 2.25. The van der Waals surface area contributed by atoms with Crippen molar-refractivity contribution in [2.45, 2.75) is 19.3 Å². The van der Waals surface area contributed by atoms with Crippen LogP contribution in [0.15, 0.2) is 0 Å². The molecule has 0 aliphatic heterocycles. The highest BCUT2D eigenvalue weighted by Gasteiger charge is 2.50. The Bertz CT molecular complexity index is 282. The molecule has 4 nitrogen and oxygen atoms in total. The van der Waals surface area contributed by atoms with Crippen LogP contribution in [0.3, 0.4) is 0 Å². The first kappa shape index (κ1) is 14.7. The fraction of sp³-hybridized carbons (Fsp3) is 0.750. The van der Waals surface area contributed by atoms with Gasteiger partial charge < -0.3 is 10.0 Å². The molecule has 0 aromatic heterocycles. The third-order valence-electron chi connectivity index (χ3n) is 1.88. The molecule has 16 heavy (non-hydrogen) atoms. The largest absolute Gasteiger partial charge is 0.481 e. The minimum absolute atomic E-state index is 0.283. The van der Waals surface area contributed by atoms with Gasteiger partial charge in [-0.25, -0.2) is 8.78 Å². The molecule has 0 aliphatic rings. The number of carboxylic acids is 1.